The molecule has 0 N–H and O–H groups in total. The molecule has 3 rings (SSSR count). The number of carbonyl (C=O) groups excluding carboxylic acids is 1. The first-order valence-corrected chi connectivity index (χ1v) is 4.87. The lowest BCUT2D eigenvalue weighted by molar-refractivity contribution is 0.0594. The molecule has 84 valence electrons. The summed E-state index contributed by atoms with van der Waals surface area (Å²) in [7, 11) is 1.30. The van der Waals surface area contributed by atoms with Crippen LogP contribution >= 0.6 is 0 Å². The Morgan fingerprint density at radius 2 is 2.35 bits per heavy atom. The van der Waals surface area contributed by atoms with E-state index in [1.165, 1.54) is 13.3 Å². The van der Waals surface area contributed by atoms with E-state index in [1.807, 2.05) is 0 Å². The minimum absolute atomic E-state index is 0.118. The van der Waals surface area contributed by atoms with E-state index in [1.54, 1.807) is 23.0 Å². The predicted molar refractivity (Wildman–Crippen MR) is 59.6 cm³/mol. The minimum atomic E-state index is -0.514. The number of carbonyl (C=O) groups is 1. The summed E-state index contributed by atoms with van der Waals surface area (Å²) in [5.74, 6) is -0.514. The highest BCUT2D eigenvalue weighted by molar-refractivity contribution is 5.91. The third-order valence-electron chi connectivity index (χ3n) is 2.45. The van der Waals surface area contributed by atoms with E-state index in [0.717, 1.165) is 0 Å². The van der Waals surface area contributed by atoms with Crippen LogP contribution in [0.5, 0.6) is 0 Å². The van der Waals surface area contributed by atoms with E-state index in [9.17, 15) is 4.79 Å². The van der Waals surface area contributed by atoms with Crippen molar-refractivity contribution in [3.05, 3.63) is 36.7 Å². The number of methoxy groups -OCH3 is 1. The fourth-order valence-corrected chi connectivity index (χ4v) is 1.62. The molecule has 3 aromatic rings. The number of pyridine rings is 1. The smallest absolute Gasteiger partial charge is 0.356 e. The number of hydrogen-bond donors (Lipinski definition) is 0. The number of aromatic nitrogens is 4. The van der Waals surface area contributed by atoms with Gasteiger partial charge in [0.05, 0.1) is 44.4 Å². The van der Waals surface area contributed by atoms with Gasteiger partial charge in [-0.1, -0.05) is 0 Å². The number of fused-ring (bicyclic) bond motifs is 3. The maximum atomic E-state index is 11.4. The molecule has 0 unspecified atom stereocenters. The molecule has 17 heavy (non-hydrogen) atoms. The molecule has 6 nitrogen and oxygen atoms in total. The average Bonchev–Trinajstić information content (AvgIpc) is 2.88. The summed E-state index contributed by atoms with van der Waals surface area (Å²) in [5.41, 5.74) is 1.95. The molecule has 0 aliphatic heterocycles. The van der Waals surface area contributed by atoms with Crippen molar-refractivity contribution in [2.24, 2.45) is 0 Å². The Morgan fingerprint density at radius 3 is 3.18 bits per heavy atom. The Labute approximate surface area is 97.3 Å². The van der Waals surface area contributed by atoms with E-state index in [2.05, 4.69) is 19.7 Å². The standard InChI is InChI=1S/C11H8N4O2/c1-17-11(16)8-2-10-9(5-14-8)13-4-7-3-12-6-15(7)10/h2-6H,1H3/i4D. The molecule has 0 aliphatic carbocycles. The van der Waals surface area contributed by atoms with Crippen LogP contribution in [-0.2, 0) is 4.74 Å². The lowest BCUT2D eigenvalue weighted by Gasteiger charge is -2.03. The highest BCUT2D eigenvalue weighted by Gasteiger charge is 2.10. The lowest BCUT2D eigenvalue weighted by atomic mass is 10.3. The van der Waals surface area contributed by atoms with Gasteiger partial charge in [0.1, 0.15) is 5.52 Å². The number of esters is 1. The van der Waals surface area contributed by atoms with Gasteiger partial charge in [-0.2, -0.15) is 0 Å². The van der Waals surface area contributed by atoms with Crippen molar-refractivity contribution in [2.45, 2.75) is 0 Å². The normalized spacial score (nSPS) is 11.7. The van der Waals surface area contributed by atoms with Gasteiger partial charge >= 0.3 is 5.97 Å². The highest BCUT2D eigenvalue weighted by Crippen LogP contribution is 2.14. The summed E-state index contributed by atoms with van der Waals surface area (Å²) in [6.07, 6.45) is 4.68. The maximum absolute atomic E-state index is 11.4. The van der Waals surface area contributed by atoms with Gasteiger partial charge in [-0.15, -0.1) is 0 Å². The third-order valence-corrected chi connectivity index (χ3v) is 2.45. The summed E-state index contributed by atoms with van der Waals surface area (Å²) in [4.78, 5) is 23.5. The number of nitrogens with zero attached hydrogens (tertiary/aromatic N) is 4. The Balaban J connectivity index is 2.38. The molecule has 0 amide bonds. The van der Waals surface area contributed by atoms with Gasteiger partial charge in [0.25, 0.3) is 0 Å². The van der Waals surface area contributed by atoms with E-state index < -0.39 is 5.97 Å². The Kier molecular flexibility index (Phi) is 1.78. The number of ether oxygens (including phenoxy) is 1. The molecule has 3 aromatic heterocycles. The molecular formula is C11H8N4O2. The van der Waals surface area contributed by atoms with Crippen LogP contribution in [0.25, 0.3) is 16.6 Å². The average molecular weight is 229 g/mol. The number of rotatable bonds is 1. The SMILES string of the molecule is [2H]c1nc2cnc(C(=O)OC)cc2n2cncc12. The predicted octanol–water partition coefficient (Wildman–Crippen LogP) is 1.06. The topological polar surface area (TPSA) is 69.4 Å². The zero-order valence-corrected chi connectivity index (χ0v) is 8.91. The van der Waals surface area contributed by atoms with Gasteiger partial charge in [0, 0.05) is 0 Å². The Morgan fingerprint density at radius 1 is 1.47 bits per heavy atom. The van der Waals surface area contributed by atoms with Crippen molar-refractivity contribution in [3.8, 4) is 0 Å². The summed E-state index contributed by atoms with van der Waals surface area (Å²) in [6, 6.07) is 1.57. The molecule has 0 aromatic carbocycles. The Hall–Kier alpha value is -2.50. The van der Waals surface area contributed by atoms with Crippen molar-refractivity contribution < 1.29 is 10.9 Å². The fraction of sp³-hybridized carbons (Fsp3) is 0.0909. The minimum Gasteiger partial charge on any atom is -0.464 e. The first-order valence-electron chi connectivity index (χ1n) is 5.37. The second-order valence-corrected chi connectivity index (χ2v) is 3.42. The van der Waals surface area contributed by atoms with Crippen LogP contribution in [0.15, 0.2) is 31.0 Å². The molecule has 3 heterocycles. The second-order valence-electron chi connectivity index (χ2n) is 3.42. The van der Waals surface area contributed by atoms with Crippen molar-refractivity contribution in [1.29, 1.82) is 0 Å². The number of hydrogen-bond acceptors (Lipinski definition) is 5. The van der Waals surface area contributed by atoms with Crippen LogP contribution in [0, 0.1) is 0 Å². The van der Waals surface area contributed by atoms with Gasteiger partial charge in [0.2, 0.25) is 0 Å². The molecular weight excluding hydrogens is 220 g/mol. The van der Waals surface area contributed by atoms with Gasteiger partial charge < -0.3 is 4.74 Å². The Bertz CT molecular complexity index is 768. The largest absolute Gasteiger partial charge is 0.464 e. The molecule has 0 aliphatic rings. The van der Waals surface area contributed by atoms with E-state index >= 15 is 0 Å². The van der Waals surface area contributed by atoms with Crippen LogP contribution in [0.4, 0.5) is 0 Å². The molecule has 0 atom stereocenters. The monoisotopic (exact) mass is 229 g/mol. The molecule has 0 saturated carbocycles. The van der Waals surface area contributed by atoms with Gasteiger partial charge in [-0.05, 0) is 6.07 Å². The molecule has 0 fully saturated rings. The van der Waals surface area contributed by atoms with Gasteiger partial charge in [0.15, 0.2) is 5.69 Å². The summed E-state index contributed by atoms with van der Waals surface area (Å²) in [5, 5.41) is 0. The first kappa shape index (κ1) is 8.63. The third kappa shape index (κ3) is 1.42. The van der Waals surface area contributed by atoms with Crippen molar-refractivity contribution in [1.82, 2.24) is 19.4 Å². The maximum Gasteiger partial charge on any atom is 0.356 e. The summed E-state index contributed by atoms with van der Waals surface area (Å²) in [6.45, 7) is 0. The molecule has 0 spiro atoms. The van der Waals surface area contributed by atoms with Crippen LogP contribution in [0.2, 0.25) is 0 Å². The first-order chi connectivity index (χ1) is 8.70. The van der Waals surface area contributed by atoms with E-state index in [0.29, 0.717) is 16.6 Å². The quantitative estimate of drug-likeness (QED) is 0.583. The molecule has 0 saturated heterocycles. The van der Waals surface area contributed by atoms with Crippen molar-refractivity contribution in [3.63, 3.8) is 0 Å². The zero-order valence-electron chi connectivity index (χ0n) is 9.91. The van der Waals surface area contributed by atoms with Crippen LogP contribution in [-0.4, -0.2) is 32.4 Å². The van der Waals surface area contributed by atoms with Gasteiger partial charge in [-0.3, -0.25) is 9.38 Å². The fourth-order valence-electron chi connectivity index (χ4n) is 1.62. The zero-order chi connectivity index (χ0) is 12.7. The van der Waals surface area contributed by atoms with Crippen molar-refractivity contribution >= 4 is 22.5 Å². The van der Waals surface area contributed by atoms with Crippen LogP contribution < -0.4 is 0 Å². The highest BCUT2D eigenvalue weighted by atomic mass is 16.5. The van der Waals surface area contributed by atoms with Gasteiger partial charge in [-0.25, -0.2) is 14.8 Å². The second kappa shape index (κ2) is 3.51. The number of imidazole rings is 1. The van der Waals surface area contributed by atoms with E-state index in [-0.39, 0.29) is 11.9 Å². The molecule has 0 bridgehead atoms. The van der Waals surface area contributed by atoms with E-state index in [4.69, 9.17) is 1.37 Å². The summed E-state index contributed by atoms with van der Waals surface area (Å²) < 4.78 is 14.1. The summed E-state index contributed by atoms with van der Waals surface area (Å²) >= 11 is 0. The van der Waals surface area contributed by atoms with Crippen molar-refractivity contribution in [2.75, 3.05) is 7.11 Å². The lowest BCUT2D eigenvalue weighted by Crippen LogP contribution is -2.04. The van der Waals surface area contributed by atoms with Crippen LogP contribution in [0.3, 0.4) is 0 Å². The molecule has 6 heteroatoms. The van der Waals surface area contributed by atoms with Crippen LogP contribution in [0.1, 0.15) is 11.9 Å². The molecule has 0 radical (unpaired) electrons.